The third-order valence-electron chi connectivity index (χ3n) is 4.76. The minimum absolute atomic E-state index is 0. The van der Waals surface area contributed by atoms with Crippen LogP contribution in [0, 0.1) is 0 Å². The second-order valence-electron chi connectivity index (χ2n) is 7.60. The molecule has 0 aromatic heterocycles. The first-order valence-corrected chi connectivity index (χ1v) is 10.8. The van der Waals surface area contributed by atoms with E-state index in [1.54, 1.807) is 28.6 Å². The van der Waals surface area contributed by atoms with Gasteiger partial charge in [0.2, 0.25) is 15.9 Å². The number of nitrogens with two attached hydrogens (primary N) is 1. The van der Waals surface area contributed by atoms with E-state index in [9.17, 15) is 13.2 Å². The van der Waals surface area contributed by atoms with Crippen LogP contribution in [-0.4, -0.2) is 43.8 Å². The lowest BCUT2D eigenvalue weighted by Crippen LogP contribution is -2.48. The van der Waals surface area contributed by atoms with Gasteiger partial charge in [0.05, 0.1) is 4.90 Å². The van der Waals surface area contributed by atoms with Crippen LogP contribution in [-0.2, 0) is 21.2 Å². The lowest BCUT2D eigenvalue weighted by atomic mass is 10.0. The van der Waals surface area contributed by atoms with Crippen LogP contribution in [0.25, 0.3) is 0 Å². The molecule has 1 aliphatic heterocycles. The maximum Gasteiger partial charge on any atom is 0.243 e. The molecule has 8 heteroatoms. The smallest absolute Gasteiger partial charge is 0.243 e. The predicted octanol–water partition coefficient (Wildman–Crippen LogP) is 2.46. The number of amides is 1. The first kappa shape index (κ1) is 23.9. The van der Waals surface area contributed by atoms with Gasteiger partial charge in [-0.3, -0.25) is 4.79 Å². The lowest BCUT2D eigenvalue weighted by molar-refractivity contribution is -0.122. The second kappa shape index (κ2) is 10.4. The third-order valence-corrected chi connectivity index (χ3v) is 6.67. The molecular formula is C19H32ClN3O3S. The van der Waals surface area contributed by atoms with Crippen LogP contribution in [0.2, 0.25) is 0 Å². The van der Waals surface area contributed by atoms with Gasteiger partial charge >= 0.3 is 0 Å². The predicted molar refractivity (Wildman–Crippen MR) is 111 cm³/mol. The monoisotopic (exact) mass is 417 g/mol. The van der Waals surface area contributed by atoms with E-state index < -0.39 is 15.6 Å². The molecule has 0 radical (unpaired) electrons. The van der Waals surface area contributed by atoms with Crippen molar-refractivity contribution < 1.29 is 13.2 Å². The van der Waals surface area contributed by atoms with Crippen molar-refractivity contribution in [2.24, 2.45) is 5.73 Å². The van der Waals surface area contributed by atoms with E-state index in [4.69, 9.17) is 5.73 Å². The average Bonchev–Trinajstić information content (AvgIpc) is 2.90. The number of nitrogens with zero attached hydrogens (tertiary/aromatic N) is 1. The minimum Gasteiger partial charge on any atom is -0.350 e. The van der Waals surface area contributed by atoms with Crippen LogP contribution in [0.15, 0.2) is 29.2 Å². The quantitative estimate of drug-likeness (QED) is 0.712. The molecule has 0 aliphatic carbocycles. The molecule has 3 N–H and O–H groups in total. The number of aryl methyl sites for hydroxylation is 1. The van der Waals surface area contributed by atoms with Crippen molar-refractivity contribution in [3.63, 3.8) is 0 Å². The highest BCUT2D eigenvalue weighted by Crippen LogP contribution is 2.21. The van der Waals surface area contributed by atoms with Gasteiger partial charge in [0, 0.05) is 31.6 Å². The highest BCUT2D eigenvalue weighted by atomic mass is 35.5. The molecule has 0 spiro atoms. The Balaban J connectivity index is 0.00000364. The average molecular weight is 418 g/mol. The van der Waals surface area contributed by atoms with Crippen molar-refractivity contribution in [3.05, 3.63) is 29.8 Å². The van der Waals surface area contributed by atoms with E-state index >= 15 is 0 Å². The fourth-order valence-corrected chi connectivity index (χ4v) is 4.53. The van der Waals surface area contributed by atoms with Gasteiger partial charge in [-0.05, 0) is 50.8 Å². The Hall–Kier alpha value is -1.15. The Morgan fingerprint density at radius 2 is 1.67 bits per heavy atom. The minimum atomic E-state index is -3.42. The SMILES string of the molecule is CC(C)(CN)NC(=O)CCc1ccc(S(=O)(=O)N2CCCCCC2)cc1.Cl. The molecule has 1 amide bonds. The highest BCUT2D eigenvalue weighted by Gasteiger charge is 2.25. The Morgan fingerprint density at radius 1 is 1.11 bits per heavy atom. The van der Waals surface area contributed by atoms with Gasteiger partial charge in [-0.15, -0.1) is 12.4 Å². The number of carbonyl (C=O) groups excluding carboxylic acids is 1. The summed E-state index contributed by atoms with van der Waals surface area (Å²) >= 11 is 0. The summed E-state index contributed by atoms with van der Waals surface area (Å²) in [4.78, 5) is 12.3. The molecule has 154 valence electrons. The van der Waals surface area contributed by atoms with E-state index in [1.165, 1.54) is 0 Å². The largest absolute Gasteiger partial charge is 0.350 e. The van der Waals surface area contributed by atoms with E-state index in [-0.39, 0.29) is 18.3 Å². The lowest BCUT2D eigenvalue weighted by Gasteiger charge is -2.24. The number of hydrogen-bond donors (Lipinski definition) is 2. The number of halogens is 1. The second-order valence-corrected chi connectivity index (χ2v) is 9.54. The van der Waals surface area contributed by atoms with E-state index in [0.29, 0.717) is 37.4 Å². The van der Waals surface area contributed by atoms with Gasteiger partial charge in [-0.2, -0.15) is 4.31 Å². The van der Waals surface area contributed by atoms with Gasteiger partial charge in [-0.1, -0.05) is 25.0 Å². The van der Waals surface area contributed by atoms with E-state index in [0.717, 1.165) is 31.2 Å². The first-order chi connectivity index (χ1) is 12.2. The van der Waals surface area contributed by atoms with Crippen molar-refractivity contribution >= 4 is 28.3 Å². The number of carbonyl (C=O) groups is 1. The van der Waals surface area contributed by atoms with Crippen molar-refractivity contribution in [2.75, 3.05) is 19.6 Å². The zero-order chi connectivity index (χ0) is 19.2. The summed E-state index contributed by atoms with van der Waals surface area (Å²) < 4.78 is 27.1. The summed E-state index contributed by atoms with van der Waals surface area (Å²) in [5, 5.41) is 2.89. The molecule has 6 nitrogen and oxygen atoms in total. The van der Waals surface area contributed by atoms with Crippen LogP contribution in [0.5, 0.6) is 0 Å². The topological polar surface area (TPSA) is 92.5 Å². The Labute approximate surface area is 169 Å². The Morgan fingerprint density at radius 3 is 2.19 bits per heavy atom. The molecule has 1 aliphatic rings. The van der Waals surface area contributed by atoms with Gasteiger partial charge in [-0.25, -0.2) is 8.42 Å². The van der Waals surface area contributed by atoms with Gasteiger partial charge in [0.1, 0.15) is 0 Å². The van der Waals surface area contributed by atoms with Gasteiger partial charge in [0.25, 0.3) is 0 Å². The molecule has 0 unspecified atom stereocenters. The summed E-state index contributed by atoms with van der Waals surface area (Å²) in [6.07, 6.45) is 4.94. The molecule has 0 saturated carbocycles. The number of hydrogen-bond acceptors (Lipinski definition) is 4. The van der Waals surface area contributed by atoms with Gasteiger partial charge in [0.15, 0.2) is 0 Å². The Bertz CT molecular complexity index is 697. The zero-order valence-electron chi connectivity index (χ0n) is 16.2. The molecule has 1 aromatic rings. The number of benzene rings is 1. The molecular weight excluding hydrogens is 386 g/mol. The number of rotatable bonds is 7. The Kier molecular flexibility index (Phi) is 9.21. The van der Waals surface area contributed by atoms with Crippen LogP contribution in [0.1, 0.15) is 51.5 Å². The van der Waals surface area contributed by atoms with Crippen molar-refractivity contribution in [3.8, 4) is 0 Å². The molecule has 2 rings (SSSR count). The molecule has 0 atom stereocenters. The van der Waals surface area contributed by atoms with Crippen molar-refractivity contribution in [1.29, 1.82) is 0 Å². The fourth-order valence-electron chi connectivity index (χ4n) is 3.01. The molecule has 1 aromatic carbocycles. The molecule has 0 bridgehead atoms. The maximum absolute atomic E-state index is 12.8. The van der Waals surface area contributed by atoms with Crippen molar-refractivity contribution in [2.45, 2.75) is 62.8 Å². The van der Waals surface area contributed by atoms with Crippen LogP contribution in [0.3, 0.4) is 0 Å². The third kappa shape index (κ3) is 7.07. The van der Waals surface area contributed by atoms with Crippen LogP contribution < -0.4 is 11.1 Å². The molecule has 27 heavy (non-hydrogen) atoms. The van der Waals surface area contributed by atoms with E-state index in [1.807, 2.05) is 13.8 Å². The summed E-state index contributed by atoms with van der Waals surface area (Å²) in [6.45, 7) is 5.34. The number of nitrogens with one attached hydrogen (secondary N) is 1. The maximum atomic E-state index is 12.8. The number of sulfonamides is 1. The molecule has 1 fully saturated rings. The summed E-state index contributed by atoms with van der Waals surface area (Å²) in [6, 6.07) is 6.90. The van der Waals surface area contributed by atoms with Crippen molar-refractivity contribution in [1.82, 2.24) is 9.62 Å². The summed E-state index contributed by atoms with van der Waals surface area (Å²) in [5.41, 5.74) is 6.15. The molecule has 1 saturated heterocycles. The zero-order valence-corrected chi connectivity index (χ0v) is 17.9. The summed E-state index contributed by atoms with van der Waals surface area (Å²) in [5.74, 6) is -0.0540. The summed E-state index contributed by atoms with van der Waals surface area (Å²) in [7, 11) is -3.42. The van der Waals surface area contributed by atoms with E-state index in [2.05, 4.69) is 5.32 Å². The normalized spacial score (nSPS) is 16.3. The fraction of sp³-hybridized carbons (Fsp3) is 0.632. The van der Waals surface area contributed by atoms with Crippen LogP contribution in [0.4, 0.5) is 0 Å². The van der Waals surface area contributed by atoms with Gasteiger partial charge < -0.3 is 11.1 Å². The molecule has 1 heterocycles. The van der Waals surface area contributed by atoms with Crippen LogP contribution >= 0.6 is 12.4 Å². The highest BCUT2D eigenvalue weighted by molar-refractivity contribution is 7.89. The first-order valence-electron chi connectivity index (χ1n) is 9.35. The standard InChI is InChI=1S/C19H31N3O3S.ClH/c1-19(2,15-20)21-18(23)12-9-16-7-10-17(11-8-16)26(24,25)22-13-5-3-4-6-14-22;/h7-8,10-11H,3-6,9,12-15,20H2,1-2H3,(H,21,23);1H.